The molecule has 1 unspecified atom stereocenters. The largest absolute Gasteiger partial charge is 0.488 e. The van der Waals surface area contributed by atoms with Crippen LogP contribution in [-0.4, -0.2) is 32.3 Å². The fourth-order valence-electron chi connectivity index (χ4n) is 2.03. The van der Waals surface area contributed by atoms with Crippen LogP contribution in [-0.2, 0) is 14.6 Å². The van der Waals surface area contributed by atoms with Gasteiger partial charge in [-0.2, -0.15) is 0 Å². The second-order valence-electron chi connectivity index (χ2n) is 4.66. The van der Waals surface area contributed by atoms with Gasteiger partial charge in [0, 0.05) is 6.42 Å². The molecule has 1 heterocycles. The maximum atomic E-state index is 11.1. The molecule has 0 saturated carbocycles. The highest BCUT2D eigenvalue weighted by Gasteiger charge is 2.35. The Balaban J connectivity index is 2.10. The van der Waals surface area contributed by atoms with Crippen molar-refractivity contribution >= 4 is 16.1 Å². The molecule has 0 radical (unpaired) electrons. The number of benzene rings is 1. The molecule has 2 rings (SSSR count). The lowest BCUT2D eigenvalue weighted by Gasteiger charge is -2.28. The number of para-hydroxylation sites is 1. The Morgan fingerprint density at radius 2 is 2.06 bits per heavy atom. The smallest absolute Gasteiger partial charge is 0.157 e. The summed E-state index contributed by atoms with van der Waals surface area (Å²) < 4.78 is 27.9. The lowest BCUT2D eigenvalue weighted by atomic mass is 9.97. The highest BCUT2D eigenvalue weighted by atomic mass is 32.2. The number of sulfone groups is 1. The van der Waals surface area contributed by atoms with Gasteiger partial charge in [0.15, 0.2) is 9.84 Å². The molecule has 0 N–H and O–H groups in total. The number of rotatable bonds is 5. The van der Waals surface area contributed by atoms with E-state index in [1.165, 1.54) is 0 Å². The van der Waals surface area contributed by atoms with Crippen molar-refractivity contribution in [1.29, 1.82) is 0 Å². The van der Waals surface area contributed by atoms with Crippen LogP contribution in [0, 0.1) is 0 Å². The van der Waals surface area contributed by atoms with Crippen molar-refractivity contribution < 1.29 is 17.9 Å². The normalized spacial score (nSPS) is 19.8. The standard InChI is InChI=1S/C13H16O4S/c1-10(6-7-14)12-4-2-3-5-13(12)17-11-8-18(15,16)9-11/h2-5,7,10-11H,6,8-9H2,1H3. The van der Waals surface area contributed by atoms with Gasteiger partial charge in [0.25, 0.3) is 0 Å². The lowest BCUT2D eigenvalue weighted by molar-refractivity contribution is -0.108. The molecule has 1 saturated heterocycles. The minimum atomic E-state index is -2.88. The molecule has 0 aromatic heterocycles. The summed E-state index contributed by atoms with van der Waals surface area (Å²) in [6.45, 7) is 1.95. The predicted molar refractivity (Wildman–Crippen MR) is 68.6 cm³/mol. The van der Waals surface area contributed by atoms with Crippen LogP contribution in [0.2, 0.25) is 0 Å². The van der Waals surface area contributed by atoms with Crippen molar-refractivity contribution in [3.05, 3.63) is 29.8 Å². The van der Waals surface area contributed by atoms with Gasteiger partial charge in [-0.15, -0.1) is 0 Å². The van der Waals surface area contributed by atoms with E-state index in [4.69, 9.17) is 4.74 Å². The van der Waals surface area contributed by atoms with E-state index < -0.39 is 9.84 Å². The van der Waals surface area contributed by atoms with Crippen molar-refractivity contribution in [1.82, 2.24) is 0 Å². The van der Waals surface area contributed by atoms with Crippen LogP contribution in [0.25, 0.3) is 0 Å². The molecule has 98 valence electrons. The van der Waals surface area contributed by atoms with Gasteiger partial charge < -0.3 is 9.53 Å². The summed E-state index contributed by atoms with van der Waals surface area (Å²) in [5.74, 6) is 0.939. The first-order valence-electron chi connectivity index (χ1n) is 5.91. The zero-order chi connectivity index (χ0) is 13.2. The number of hydrogen-bond acceptors (Lipinski definition) is 4. The van der Waals surface area contributed by atoms with Crippen molar-refractivity contribution in [3.8, 4) is 5.75 Å². The number of ether oxygens (including phenoxy) is 1. The van der Waals surface area contributed by atoms with Gasteiger partial charge in [-0.3, -0.25) is 0 Å². The van der Waals surface area contributed by atoms with Crippen LogP contribution in [0.15, 0.2) is 24.3 Å². The SMILES string of the molecule is CC(CC=O)c1ccccc1OC1CS(=O)(=O)C1. The van der Waals surface area contributed by atoms with E-state index in [-0.39, 0.29) is 23.5 Å². The van der Waals surface area contributed by atoms with Crippen molar-refractivity contribution in [3.63, 3.8) is 0 Å². The van der Waals surface area contributed by atoms with Gasteiger partial charge in [-0.1, -0.05) is 25.1 Å². The van der Waals surface area contributed by atoms with Crippen molar-refractivity contribution in [2.45, 2.75) is 25.4 Å². The van der Waals surface area contributed by atoms with Gasteiger partial charge in [0.05, 0.1) is 11.5 Å². The Bertz CT molecular complexity index is 524. The van der Waals surface area contributed by atoms with Gasteiger partial charge in [-0.25, -0.2) is 8.42 Å². The van der Waals surface area contributed by atoms with Crippen LogP contribution in [0.5, 0.6) is 5.75 Å². The molecule has 5 heteroatoms. The molecule has 1 aliphatic heterocycles. The second-order valence-corrected chi connectivity index (χ2v) is 6.81. The molecule has 0 aliphatic carbocycles. The molecule has 1 aromatic carbocycles. The molecular formula is C13H16O4S. The van der Waals surface area contributed by atoms with Crippen LogP contribution < -0.4 is 4.74 Å². The van der Waals surface area contributed by atoms with Gasteiger partial charge >= 0.3 is 0 Å². The molecule has 1 aliphatic rings. The van der Waals surface area contributed by atoms with E-state index in [1.54, 1.807) is 0 Å². The maximum absolute atomic E-state index is 11.1. The summed E-state index contributed by atoms with van der Waals surface area (Å²) in [5, 5.41) is 0. The third-order valence-corrected chi connectivity index (χ3v) is 4.83. The highest BCUT2D eigenvalue weighted by Crippen LogP contribution is 2.30. The zero-order valence-corrected chi connectivity index (χ0v) is 11.0. The van der Waals surface area contributed by atoms with Crippen LogP contribution in [0.3, 0.4) is 0 Å². The Hall–Kier alpha value is -1.36. The highest BCUT2D eigenvalue weighted by molar-refractivity contribution is 7.92. The molecule has 0 spiro atoms. The molecule has 18 heavy (non-hydrogen) atoms. The average molecular weight is 268 g/mol. The fraction of sp³-hybridized carbons (Fsp3) is 0.462. The molecular weight excluding hydrogens is 252 g/mol. The minimum absolute atomic E-state index is 0.0791. The molecule has 1 atom stereocenters. The number of carbonyl (C=O) groups is 1. The monoisotopic (exact) mass is 268 g/mol. The lowest BCUT2D eigenvalue weighted by Crippen LogP contribution is -2.45. The van der Waals surface area contributed by atoms with E-state index in [1.807, 2.05) is 31.2 Å². The summed E-state index contributed by atoms with van der Waals surface area (Å²) in [7, 11) is -2.88. The first-order chi connectivity index (χ1) is 8.52. The van der Waals surface area contributed by atoms with E-state index >= 15 is 0 Å². The molecule has 0 bridgehead atoms. The third kappa shape index (κ3) is 2.90. The summed E-state index contributed by atoms with van der Waals surface area (Å²) in [6, 6.07) is 7.47. The number of aldehydes is 1. The van der Waals surface area contributed by atoms with Crippen LogP contribution in [0.4, 0.5) is 0 Å². The van der Waals surface area contributed by atoms with E-state index in [9.17, 15) is 13.2 Å². The fourth-order valence-corrected chi connectivity index (χ4v) is 3.20. The summed E-state index contributed by atoms with van der Waals surface area (Å²) in [6.07, 6.45) is 1.07. The van der Waals surface area contributed by atoms with Crippen molar-refractivity contribution in [2.24, 2.45) is 0 Å². The Kier molecular flexibility index (Phi) is 3.71. The van der Waals surface area contributed by atoms with Crippen molar-refractivity contribution in [2.75, 3.05) is 11.5 Å². The number of hydrogen-bond donors (Lipinski definition) is 0. The number of carbonyl (C=O) groups excluding carboxylic acids is 1. The topological polar surface area (TPSA) is 60.4 Å². The molecule has 1 fully saturated rings. The minimum Gasteiger partial charge on any atom is -0.488 e. The average Bonchev–Trinajstić information content (AvgIpc) is 2.27. The zero-order valence-electron chi connectivity index (χ0n) is 10.2. The molecule has 4 nitrogen and oxygen atoms in total. The van der Waals surface area contributed by atoms with Gasteiger partial charge in [0.2, 0.25) is 0 Å². The van der Waals surface area contributed by atoms with Gasteiger partial charge in [-0.05, 0) is 17.5 Å². The summed E-state index contributed by atoms with van der Waals surface area (Å²) >= 11 is 0. The Morgan fingerprint density at radius 3 is 2.67 bits per heavy atom. The first-order valence-corrected chi connectivity index (χ1v) is 7.73. The molecule has 1 aromatic rings. The summed E-state index contributed by atoms with van der Waals surface area (Å²) in [4.78, 5) is 10.6. The first kappa shape index (κ1) is 13.1. The van der Waals surface area contributed by atoms with E-state index in [0.717, 1.165) is 11.8 Å². The van der Waals surface area contributed by atoms with Crippen LogP contribution >= 0.6 is 0 Å². The van der Waals surface area contributed by atoms with E-state index in [0.29, 0.717) is 12.2 Å². The van der Waals surface area contributed by atoms with Gasteiger partial charge in [0.1, 0.15) is 18.1 Å². The predicted octanol–water partition coefficient (Wildman–Crippen LogP) is 1.55. The van der Waals surface area contributed by atoms with E-state index in [2.05, 4.69) is 0 Å². The Morgan fingerprint density at radius 1 is 1.39 bits per heavy atom. The third-order valence-electron chi connectivity index (χ3n) is 3.07. The quantitative estimate of drug-likeness (QED) is 0.760. The summed E-state index contributed by atoms with van der Waals surface area (Å²) in [5.41, 5.74) is 0.953. The van der Waals surface area contributed by atoms with Crippen LogP contribution in [0.1, 0.15) is 24.8 Å². The maximum Gasteiger partial charge on any atom is 0.157 e. The Labute approximate surface area is 107 Å². The molecule has 0 amide bonds. The second kappa shape index (κ2) is 5.10.